The molecule has 0 atom stereocenters. The largest absolute Gasteiger partial charge is 0.277 e. The van der Waals surface area contributed by atoms with Gasteiger partial charge < -0.3 is 0 Å². The maximum Gasteiger partial charge on any atom is 0.0493 e. The van der Waals surface area contributed by atoms with Crippen molar-refractivity contribution in [3.05, 3.63) is 4.91 Å². The van der Waals surface area contributed by atoms with Crippen LogP contribution in [0.5, 0.6) is 0 Å². The minimum atomic E-state index is 0. The molecule has 0 fully saturated rings. The Hall–Kier alpha value is 0.0234. The molecule has 6 heavy (non-hydrogen) atoms. The Morgan fingerprint density at radius 1 is 1.67 bits per heavy atom. The summed E-state index contributed by atoms with van der Waals surface area (Å²) >= 11 is 0. The fourth-order valence-electron chi connectivity index (χ4n) is 0. The molecule has 0 unspecified atom stereocenters. The van der Waals surface area contributed by atoms with Gasteiger partial charge in [0.15, 0.2) is 0 Å². The zero-order valence-electron chi connectivity index (χ0n) is 3.06. The first-order chi connectivity index (χ1) is 1.91. The smallest absolute Gasteiger partial charge is 0.0493 e. The monoisotopic (exact) mass is 140 g/mol. The minimum absolute atomic E-state index is 0. The predicted molar refractivity (Wildman–Crippen MR) is 21.6 cm³/mol. The van der Waals surface area contributed by atoms with Gasteiger partial charge in [-0.3, -0.25) is 5.43 Å². The van der Waals surface area contributed by atoms with Crippen LogP contribution in [0.25, 0.3) is 0 Å². The number of hydrogen-bond donors (Lipinski definition) is 1. The molecule has 0 amide bonds. The fourth-order valence-corrected chi connectivity index (χ4v) is 0. The van der Waals surface area contributed by atoms with Crippen molar-refractivity contribution in [3.8, 4) is 0 Å². The maximum atomic E-state index is 8.81. The van der Waals surface area contributed by atoms with E-state index in [1.165, 1.54) is 7.05 Å². The molecule has 0 aromatic carbocycles. The zero-order valence-corrected chi connectivity index (χ0v) is 6.03. The SMILES string of the molecule is C.CNN=O.[Zn]. The Morgan fingerprint density at radius 2 is 1.83 bits per heavy atom. The van der Waals surface area contributed by atoms with Crippen molar-refractivity contribution in [2.75, 3.05) is 7.05 Å². The van der Waals surface area contributed by atoms with Gasteiger partial charge in [-0.2, -0.15) is 0 Å². The van der Waals surface area contributed by atoms with Crippen LogP contribution in [0.15, 0.2) is 5.29 Å². The summed E-state index contributed by atoms with van der Waals surface area (Å²) in [5.74, 6) is 0. The summed E-state index contributed by atoms with van der Waals surface area (Å²) in [6.07, 6.45) is 0. The van der Waals surface area contributed by atoms with E-state index in [2.05, 4.69) is 5.29 Å². The molecule has 0 aliphatic carbocycles. The summed E-state index contributed by atoms with van der Waals surface area (Å²) in [5.41, 5.74) is 2.00. The second-order valence-corrected chi connectivity index (χ2v) is 0.315. The molecule has 3 nitrogen and oxygen atoms in total. The van der Waals surface area contributed by atoms with E-state index in [0.717, 1.165) is 0 Å². The minimum Gasteiger partial charge on any atom is -0.277 e. The Kier molecular flexibility index (Phi) is 55.0. The van der Waals surface area contributed by atoms with Gasteiger partial charge in [-0.05, 0) is 0 Å². The molecule has 0 aliphatic rings. The number of nitrogens with one attached hydrogen (secondary N) is 1. The van der Waals surface area contributed by atoms with Crippen molar-refractivity contribution >= 4 is 0 Å². The van der Waals surface area contributed by atoms with Gasteiger partial charge in [-0.15, -0.1) is 4.91 Å². The van der Waals surface area contributed by atoms with E-state index in [4.69, 9.17) is 4.91 Å². The molecule has 0 bridgehead atoms. The standard InChI is InChI=1S/CH4N2O.CH4.Zn/c1-2-3-4;;/h1H3,(H,2,4);1H4;. The Morgan fingerprint density at radius 3 is 1.83 bits per heavy atom. The van der Waals surface area contributed by atoms with E-state index in [9.17, 15) is 0 Å². The molecule has 0 saturated heterocycles. The molecule has 0 radical (unpaired) electrons. The summed E-state index contributed by atoms with van der Waals surface area (Å²) < 4.78 is 0. The molecule has 0 aliphatic heterocycles. The topological polar surface area (TPSA) is 41.5 Å². The summed E-state index contributed by atoms with van der Waals surface area (Å²) in [5, 5.41) is 2.24. The van der Waals surface area contributed by atoms with Crippen molar-refractivity contribution in [1.29, 1.82) is 0 Å². The van der Waals surface area contributed by atoms with E-state index in [0.29, 0.717) is 0 Å². The number of rotatable bonds is 1. The van der Waals surface area contributed by atoms with Crippen LogP contribution < -0.4 is 5.43 Å². The van der Waals surface area contributed by atoms with Gasteiger partial charge in [-0.25, -0.2) is 0 Å². The van der Waals surface area contributed by atoms with Crippen LogP contribution in [0.3, 0.4) is 0 Å². The Labute approximate surface area is 50.2 Å². The average Bonchev–Trinajstić information content (AvgIpc) is 1.37. The summed E-state index contributed by atoms with van der Waals surface area (Å²) in [4.78, 5) is 8.81. The van der Waals surface area contributed by atoms with E-state index in [1.54, 1.807) is 0 Å². The average molecular weight is 141 g/mol. The van der Waals surface area contributed by atoms with E-state index in [-0.39, 0.29) is 26.9 Å². The van der Waals surface area contributed by atoms with Gasteiger partial charge in [0.05, 0.1) is 0 Å². The molecule has 0 aromatic rings. The van der Waals surface area contributed by atoms with Crippen molar-refractivity contribution < 1.29 is 19.5 Å². The van der Waals surface area contributed by atoms with Crippen molar-refractivity contribution in [2.24, 2.45) is 5.29 Å². The molecule has 0 saturated carbocycles. The third kappa shape index (κ3) is 35.1. The first-order valence-electron chi connectivity index (χ1n) is 0.906. The molecular weight excluding hydrogens is 133 g/mol. The van der Waals surface area contributed by atoms with Crippen LogP contribution in [-0.2, 0) is 19.5 Å². The molecular formula is C2H8N2OZn. The van der Waals surface area contributed by atoms with Crippen molar-refractivity contribution in [3.63, 3.8) is 0 Å². The van der Waals surface area contributed by atoms with Crippen LogP contribution in [0.4, 0.5) is 0 Å². The van der Waals surface area contributed by atoms with E-state index >= 15 is 0 Å². The van der Waals surface area contributed by atoms with Gasteiger partial charge >= 0.3 is 0 Å². The van der Waals surface area contributed by atoms with Crippen LogP contribution in [0.1, 0.15) is 7.43 Å². The fraction of sp³-hybridized carbons (Fsp3) is 1.00. The molecule has 0 heterocycles. The van der Waals surface area contributed by atoms with Crippen molar-refractivity contribution in [1.82, 2.24) is 5.43 Å². The zero-order chi connectivity index (χ0) is 3.41. The van der Waals surface area contributed by atoms with Crippen LogP contribution in [0.2, 0.25) is 0 Å². The summed E-state index contributed by atoms with van der Waals surface area (Å²) in [6.45, 7) is 0. The Balaban J connectivity index is -0.0000000450. The normalized spacial score (nSPS) is 3.50. The Bertz CT molecular complexity index is 25.5. The number of nitrogens with zero attached hydrogens (tertiary/aromatic N) is 1. The van der Waals surface area contributed by atoms with Gasteiger partial charge in [-0.1, -0.05) is 7.43 Å². The molecule has 0 spiro atoms. The second kappa shape index (κ2) is 19.9. The van der Waals surface area contributed by atoms with Gasteiger partial charge in [0, 0.05) is 31.8 Å². The molecule has 34 valence electrons. The number of nitroso groups, excluding NO2 is 1. The predicted octanol–water partition coefficient (Wildman–Crippen LogP) is 0.521. The first kappa shape index (κ1) is 16.6. The van der Waals surface area contributed by atoms with Gasteiger partial charge in [0.2, 0.25) is 0 Å². The van der Waals surface area contributed by atoms with Gasteiger partial charge in [0.25, 0.3) is 0 Å². The van der Waals surface area contributed by atoms with Crippen molar-refractivity contribution in [2.45, 2.75) is 7.43 Å². The third-order valence-electron chi connectivity index (χ3n) is 0.0913. The molecule has 0 aromatic heterocycles. The summed E-state index contributed by atoms with van der Waals surface area (Å²) in [7, 11) is 1.45. The van der Waals surface area contributed by atoms with Crippen LogP contribution in [0, 0.1) is 4.91 Å². The quantitative estimate of drug-likeness (QED) is 0.329. The molecule has 4 heteroatoms. The van der Waals surface area contributed by atoms with E-state index in [1.807, 2.05) is 5.43 Å². The van der Waals surface area contributed by atoms with E-state index < -0.39 is 0 Å². The summed E-state index contributed by atoms with van der Waals surface area (Å²) in [6, 6.07) is 0. The maximum absolute atomic E-state index is 8.81. The van der Waals surface area contributed by atoms with Gasteiger partial charge in [0.1, 0.15) is 0 Å². The third-order valence-corrected chi connectivity index (χ3v) is 0.0913. The van der Waals surface area contributed by atoms with Crippen LogP contribution >= 0.6 is 0 Å². The number of hydrogen-bond acceptors (Lipinski definition) is 2. The first-order valence-corrected chi connectivity index (χ1v) is 0.906. The second-order valence-electron chi connectivity index (χ2n) is 0.315. The molecule has 1 N–H and O–H groups in total. The van der Waals surface area contributed by atoms with Crippen LogP contribution in [-0.4, -0.2) is 7.05 Å². The molecule has 0 rings (SSSR count).